The van der Waals surface area contributed by atoms with Gasteiger partial charge in [0.1, 0.15) is 0 Å². The van der Waals surface area contributed by atoms with Crippen molar-refractivity contribution in [3.63, 3.8) is 0 Å². The highest BCUT2D eigenvalue weighted by atomic mass is 19.4. The second-order valence-corrected chi connectivity index (χ2v) is 7.43. The molecular weight excluding hydrogens is 423 g/mol. The molecule has 1 amide bonds. The predicted octanol–water partition coefficient (Wildman–Crippen LogP) is 3.37. The second-order valence-electron chi connectivity index (χ2n) is 7.43. The van der Waals surface area contributed by atoms with Crippen LogP contribution in [0, 0.1) is 6.92 Å². The van der Waals surface area contributed by atoms with Gasteiger partial charge < -0.3 is 9.80 Å². The molecule has 0 saturated heterocycles. The zero-order valence-corrected chi connectivity index (χ0v) is 18.2. The minimum Gasteiger partial charge on any atom is -0.342 e. The number of rotatable bonds is 7. The molecule has 32 heavy (non-hydrogen) atoms. The highest BCUT2D eigenvalue weighted by Crippen LogP contribution is 2.28. The van der Waals surface area contributed by atoms with Crippen LogP contribution in [-0.4, -0.2) is 61.9 Å². The van der Waals surface area contributed by atoms with Gasteiger partial charge in [-0.15, -0.1) is 0 Å². The van der Waals surface area contributed by atoms with E-state index >= 15 is 0 Å². The number of nitrogens with zero attached hydrogens (tertiary/aromatic N) is 7. The summed E-state index contributed by atoms with van der Waals surface area (Å²) in [6.07, 6.45) is 0.0795. The fraction of sp³-hybridized carbons (Fsp3) is 0.381. The summed E-state index contributed by atoms with van der Waals surface area (Å²) in [4.78, 5) is 25.8. The number of alkyl halides is 3. The molecule has 0 N–H and O–H groups in total. The topological polar surface area (TPSA) is 80.0 Å². The van der Waals surface area contributed by atoms with Gasteiger partial charge in [-0.25, -0.2) is 9.97 Å². The van der Waals surface area contributed by atoms with Crippen LogP contribution in [0.25, 0.3) is 5.69 Å². The Morgan fingerprint density at radius 1 is 1.16 bits per heavy atom. The van der Waals surface area contributed by atoms with Crippen LogP contribution in [0.2, 0.25) is 0 Å². The monoisotopic (exact) mass is 447 g/mol. The number of hydrogen-bond donors (Lipinski definition) is 0. The number of amides is 1. The van der Waals surface area contributed by atoms with Crippen molar-refractivity contribution in [2.45, 2.75) is 33.0 Å². The lowest BCUT2D eigenvalue weighted by molar-refractivity contribution is -0.138. The van der Waals surface area contributed by atoms with Gasteiger partial charge in [-0.05, 0) is 32.9 Å². The van der Waals surface area contributed by atoms with E-state index in [0.29, 0.717) is 24.3 Å². The minimum absolute atomic E-state index is 0.144. The third kappa shape index (κ3) is 5.04. The van der Waals surface area contributed by atoms with Gasteiger partial charge in [-0.1, -0.05) is 11.6 Å². The lowest BCUT2D eigenvalue weighted by Crippen LogP contribution is -2.45. The molecule has 170 valence electrons. The molecule has 3 aromatic rings. The van der Waals surface area contributed by atoms with Gasteiger partial charge in [0.25, 0.3) is 5.91 Å². The average molecular weight is 447 g/mol. The second kappa shape index (κ2) is 9.33. The average Bonchev–Trinajstić information content (AvgIpc) is 3.28. The van der Waals surface area contributed by atoms with E-state index in [9.17, 15) is 18.0 Å². The molecule has 0 saturated carbocycles. The lowest BCUT2D eigenvalue weighted by Gasteiger charge is -2.32. The first-order valence-electron chi connectivity index (χ1n) is 10.0. The van der Waals surface area contributed by atoms with Crippen molar-refractivity contribution in [2.24, 2.45) is 0 Å². The van der Waals surface area contributed by atoms with Gasteiger partial charge in [0.2, 0.25) is 5.95 Å². The van der Waals surface area contributed by atoms with Crippen LogP contribution in [-0.2, 0) is 6.18 Å². The Bertz CT molecular complexity index is 1050. The number of carbonyl (C=O) groups excluding carboxylic acids is 1. The van der Waals surface area contributed by atoms with Crippen molar-refractivity contribution in [2.75, 3.05) is 25.0 Å². The molecule has 0 bridgehead atoms. The SMILES string of the molecule is CCN(C(=O)c1cc(C)ccc1-n1nccn1)C(C)CN(C)c1ncc(C(F)(F)F)cn1. The van der Waals surface area contributed by atoms with Crippen molar-refractivity contribution >= 4 is 11.9 Å². The highest BCUT2D eigenvalue weighted by molar-refractivity contribution is 5.98. The Balaban J connectivity index is 1.80. The van der Waals surface area contributed by atoms with Gasteiger partial charge >= 0.3 is 6.18 Å². The van der Waals surface area contributed by atoms with Crippen LogP contribution >= 0.6 is 0 Å². The van der Waals surface area contributed by atoms with Crippen molar-refractivity contribution in [3.8, 4) is 5.69 Å². The Morgan fingerprint density at radius 2 is 1.78 bits per heavy atom. The van der Waals surface area contributed by atoms with Crippen LogP contribution in [0.15, 0.2) is 43.0 Å². The summed E-state index contributed by atoms with van der Waals surface area (Å²) in [7, 11) is 1.67. The van der Waals surface area contributed by atoms with Crippen molar-refractivity contribution in [1.82, 2.24) is 29.9 Å². The van der Waals surface area contributed by atoms with E-state index in [1.54, 1.807) is 29.0 Å². The first-order chi connectivity index (χ1) is 15.1. The molecule has 2 aromatic heterocycles. The van der Waals surface area contributed by atoms with E-state index in [1.807, 2.05) is 26.8 Å². The van der Waals surface area contributed by atoms with E-state index in [1.165, 1.54) is 17.2 Å². The third-order valence-electron chi connectivity index (χ3n) is 5.00. The molecule has 1 aromatic carbocycles. The van der Waals surface area contributed by atoms with E-state index in [2.05, 4.69) is 20.2 Å². The lowest BCUT2D eigenvalue weighted by atomic mass is 10.1. The molecular formula is C21H24F3N7O. The maximum Gasteiger partial charge on any atom is 0.419 e. The molecule has 0 radical (unpaired) electrons. The quantitative estimate of drug-likeness (QED) is 0.553. The van der Waals surface area contributed by atoms with Crippen LogP contribution in [0.3, 0.4) is 0 Å². The van der Waals surface area contributed by atoms with Crippen LogP contribution in [0.1, 0.15) is 35.3 Å². The van der Waals surface area contributed by atoms with Gasteiger partial charge in [0.05, 0.1) is 29.2 Å². The molecule has 0 spiro atoms. The summed E-state index contributed by atoms with van der Waals surface area (Å²) in [5.41, 5.74) is 1.04. The summed E-state index contributed by atoms with van der Waals surface area (Å²) < 4.78 is 38.2. The molecule has 3 rings (SSSR count). The number of aryl methyl sites for hydroxylation is 1. The van der Waals surface area contributed by atoms with Crippen LogP contribution in [0.4, 0.5) is 19.1 Å². The standard InChI is InChI=1S/C21H24F3N7O/c1-5-30(15(3)13-29(4)20-25-11-16(12-26-20)21(22,23)24)19(32)17-10-14(2)6-7-18(17)31-27-8-9-28-31/h6-12,15H,5,13H2,1-4H3. The van der Waals surface area contributed by atoms with E-state index < -0.39 is 11.7 Å². The maximum atomic E-state index is 13.4. The first-order valence-corrected chi connectivity index (χ1v) is 10.0. The number of benzene rings is 1. The Hall–Kier alpha value is -3.50. The van der Waals surface area contributed by atoms with Gasteiger partial charge in [0.15, 0.2) is 0 Å². The Kier molecular flexibility index (Phi) is 6.75. The van der Waals surface area contributed by atoms with Gasteiger partial charge in [-0.3, -0.25) is 4.79 Å². The van der Waals surface area contributed by atoms with Crippen LogP contribution < -0.4 is 4.90 Å². The largest absolute Gasteiger partial charge is 0.419 e. The number of carbonyl (C=O) groups is 1. The predicted molar refractivity (Wildman–Crippen MR) is 113 cm³/mol. The van der Waals surface area contributed by atoms with Gasteiger partial charge in [-0.2, -0.15) is 28.2 Å². The molecule has 2 heterocycles. The van der Waals surface area contributed by atoms with Gasteiger partial charge in [0, 0.05) is 38.6 Å². The summed E-state index contributed by atoms with van der Waals surface area (Å²) in [5.74, 6) is -0.0527. The molecule has 0 aliphatic rings. The first kappa shape index (κ1) is 23.2. The zero-order valence-electron chi connectivity index (χ0n) is 18.2. The summed E-state index contributed by atoms with van der Waals surface area (Å²) in [5, 5.41) is 8.26. The van der Waals surface area contributed by atoms with E-state index in [-0.39, 0.29) is 17.9 Å². The number of anilines is 1. The van der Waals surface area contributed by atoms with Crippen LogP contribution in [0.5, 0.6) is 0 Å². The Labute approximate surface area is 183 Å². The fourth-order valence-electron chi connectivity index (χ4n) is 3.39. The number of likely N-dealkylation sites (N-methyl/N-ethyl adjacent to an activating group) is 2. The van der Waals surface area contributed by atoms with Crippen molar-refractivity contribution < 1.29 is 18.0 Å². The number of hydrogen-bond acceptors (Lipinski definition) is 6. The van der Waals surface area contributed by atoms with Crippen molar-refractivity contribution in [1.29, 1.82) is 0 Å². The fourth-order valence-corrected chi connectivity index (χ4v) is 3.39. The number of halogens is 3. The molecule has 0 aliphatic carbocycles. The summed E-state index contributed by atoms with van der Waals surface area (Å²) in [6.45, 7) is 6.38. The normalized spacial score (nSPS) is 12.5. The van der Waals surface area contributed by atoms with Crippen molar-refractivity contribution in [3.05, 3.63) is 59.7 Å². The molecule has 0 aliphatic heterocycles. The molecule has 8 nitrogen and oxygen atoms in total. The van der Waals surface area contributed by atoms with E-state index in [4.69, 9.17) is 0 Å². The molecule has 0 fully saturated rings. The maximum absolute atomic E-state index is 13.4. The Morgan fingerprint density at radius 3 is 2.34 bits per heavy atom. The molecule has 11 heteroatoms. The molecule has 1 unspecified atom stereocenters. The summed E-state index contributed by atoms with van der Waals surface area (Å²) >= 11 is 0. The minimum atomic E-state index is -4.50. The zero-order chi connectivity index (χ0) is 23.5. The molecule has 1 atom stereocenters. The number of aromatic nitrogens is 5. The third-order valence-corrected chi connectivity index (χ3v) is 5.00. The summed E-state index contributed by atoms with van der Waals surface area (Å²) in [6, 6.07) is 5.19. The van der Waals surface area contributed by atoms with E-state index in [0.717, 1.165) is 18.0 Å². The smallest absolute Gasteiger partial charge is 0.342 e. The highest BCUT2D eigenvalue weighted by Gasteiger charge is 2.31.